The summed E-state index contributed by atoms with van der Waals surface area (Å²) in [5, 5.41) is 24.9. The normalized spacial score (nSPS) is 24.5. The van der Waals surface area contributed by atoms with Gasteiger partial charge in [0.05, 0.1) is 12.6 Å². The number of aliphatic hydroxyl groups is 1. The number of aliphatic imine (C=N–C) groups is 2. The van der Waals surface area contributed by atoms with Crippen LogP contribution in [0.15, 0.2) is 46.4 Å². The Balaban J connectivity index is 1.27. The summed E-state index contributed by atoms with van der Waals surface area (Å²) < 4.78 is 0. The first kappa shape index (κ1) is 24.9. The van der Waals surface area contributed by atoms with Gasteiger partial charge in [0.15, 0.2) is 5.96 Å². The van der Waals surface area contributed by atoms with Crippen molar-refractivity contribution in [2.45, 2.75) is 44.6 Å². The number of β-amino-alcohol motifs (C(OH)–C–C–N with tert-alkyl or cyclic N) is 1. The van der Waals surface area contributed by atoms with Gasteiger partial charge in [-0.1, -0.05) is 12.1 Å². The molecular formula is C26H35N5O4. The van der Waals surface area contributed by atoms with Crippen molar-refractivity contribution in [3.63, 3.8) is 0 Å². The Morgan fingerprint density at radius 1 is 1.23 bits per heavy atom. The minimum atomic E-state index is -0.764. The van der Waals surface area contributed by atoms with Crippen molar-refractivity contribution in [3.8, 4) is 0 Å². The van der Waals surface area contributed by atoms with Crippen molar-refractivity contribution in [1.82, 2.24) is 10.2 Å². The van der Waals surface area contributed by atoms with E-state index < -0.39 is 12.1 Å². The predicted molar refractivity (Wildman–Crippen MR) is 136 cm³/mol. The highest BCUT2D eigenvalue weighted by atomic mass is 16.4. The molecule has 2 unspecified atom stereocenters. The molecule has 0 aromatic heterocycles. The number of benzene rings is 1. The van der Waals surface area contributed by atoms with Gasteiger partial charge < -0.3 is 25.7 Å². The molecule has 2 atom stereocenters. The lowest BCUT2D eigenvalue weighted by atomic mass is 9.75. The van der Waals surface area contributed by atoms with Crippen molar-refractivity contribution < 1.29 is 19.8 Å². The third kappa shape index (κ3) is 6.91. The lowest BCUT2D eigenvalue weighted by Gasteiger charge is -2.35. The Morgan fingerprint density at radius 2 is 2.06 bits per heavy atom. The van der Waals surface area contributed by atoms with Gasteiger partial charge in [0.25, 0.3) is 5.91 Å². The molecule has 0 bridgehead atoms. The lowest BCUT2D eigenvalue weighted by molar-refractivity contribution is -0.137. The minimum Gasteiger partial charge on any atom is -0.481 e. The Labute approximate surface area is 206 Å². The van der Waals surface area contributed by atoms with Crippen molar-refractivity contribution in [2.24, 2.45) is 21.3 Å². The van der Waals surface area contributed by atoms with Gasteiger partial charge in [0.1, 0.15) is 0 Å². The molecular weight excluding hydrogens is 446 g/mol. The van der Waals surface area contributed by atoms with Gasteiger partial charge in [-0.15, -0.1) is 0 Å². The zero-order chi connectivity index (χ0) is 24.7. The Morgan fingerprint density at radius 3 is 2.74 bits per heavy atom. The van der Waals surface area contributed by atoms with Gasteiger partial charge in [0, 0.05) is 55.5 Å². The van der Waals surface area contributed by atoms with Crippen LogP contribution in [0.5, 0.6) is 0 Å². The topological polar surface area (TPSA) is 127 Å². The molecule has 1 fully saturated rings. The molecule has 0 saturated carbocycles. The predicted octanol–water partition coefficient (Wildman–Crippen LogP) is 2.54. The minimum absolute atomic E-state index is 0.0311. The van der Waals surface area contributed by atoms with Crippen LogP contribution in [0.2, 0.25) is 0 Å². The fraction of sp³-hybridized carbons (Fsp3) is 0.538. The van der Waals surface area contributed by atoms with E-state index in [9.17, 15) is 14.7 Å². The average Bonchev–Trinajstić information content (AvgIpc) is 2.88. The van der Waals surface area contributed by atoms with Gasteiger partial charge in [0.2, 0.25) is 0 Å². The summed E-state index contributed by atoms with van der Waals surface area (Å²) in [6.45, 7) is 2.91. The van der Waals surface area contributed by atoms with Crippen LogP contribution in [0.3, 0.4) is 0 Å². The summed E-state index contributed by atoms with van der Waals surface area (Å²) in [6.07, 6.45) is 10.0. The number of aliphatic carboxylic acids is 1. The van der Waals surface area contributed by atoms with E-state index in [1.165, 1.54) is 0 Å². The standard InChI is InChI=1S/C26H35N5O4/c32-22-16-28-25(29-17-22)30-21-4-1-3-20(15-21)24(35)31-13-7-19(8-14-31)5-10-26(11-6-23(33)34)9-2-12-27-18-26/h1-4,9,12,15,19,22,32H,5-8,10-11,13-14,16-18H2,(H,33,34)(H2,28,29,30). The first-order valence-corrected chi connectivity index (χ1v) is 12.4. The maximum Gasteiger partial charge on any atom is 0.303 e. The number of likely N-dealkylation sites (tertiary alicyclic amines) is 1. The second-order valence-electron chi connectivity index (χ2n) is 9.81. The number of anilines is 1. The molecule has 1 saturated heterocycles. The monoisotopic (exact) mass is 481 g/mol. The summed E-state index contributed by atoms with van der Waals surface area (Å²) in [5.74, 6) is 0.392. The van der Waals surface area contributed by atoms with Crippen molar-refractivity contribution in [3.05, 3.63) is 42.0 Å². The number of carboxylic acid groups (broad SMARTS) is 1. The third-order valence-electron chi connectivity index (χ3n) is 7.17. The quantitative estimate of drug-likeness (QED) is 0.452. The first-order valence-electron chi connectivity index (χ1n) is 12.4. The van der Waals surface area contributed by atoms with Crippen molar-refractivity contribution in [2.75, 3.05) is 38.0 Å². The summed E-state index contributed by atoms with van der Waals surface area (Å²) >= 11 is 0. The van der Waals surface area contributed by atoms with Gasteiger partial charge in [-0.25, -0.2) is 0 Å². The van der Waals surface area contributed by atoms with Crippen molar-refractivity contribution in [1.29, 1.82) is 0 Å². The fourth-order valence-electron chi connectivity index (χ4n) is 4.98. The molecule has 3 aliphatic rings. The first-order chi connectivity index (χ1) is 16.9. The second-order valence-corrected chi connectivity index (χ2v) is 9.81. The zero-order valence-corrected chi connectivity index (χ0v) is 20.0. The number of allylic oxidation sites excluding steroid dienone is 1. The number of carboxylic acids is 1. The van der Waals surface area contributed by atoms with E-state index in [1.54, 1.807) is 6.21 Å². The second kappa shape index (κ2) is 11.5. The van der Waals surface area contributed by atoms with Crippen LogP contribution in [0.25, 0.3) is 0 Å². The zero-order valence-electron chi connectivity index (χ0n) is 20.0. The molecule has 4 N–H and O–H groups in total. The lowest BCUT2D eigenvalue weighted by Crippen LogP contribution is -2.42. The number of hydrogen-bond donors (Lipinski definition) is 4. The molecule has 35 heavy (non-hydrogen) atoms. The van der Waals surface area contributed by atoms with Gasteiger partial charge in [-0.05, 0) is 62.3 Å². The highest BCUT2D eigenvalue weighted by Crippen LogP contribution is 2.37. The summed E-state index contributed by atoms with van der Waals surface area (Å²) in [5.41, 5.74) is 1.26. The van der Waals surface area contributed by atoms with Crippen LogP contribution in [-0.4, -0.2) is 78.0 Å². The largest absolute Gasteiger partial charge is 0.481 e. The number of hydrogen-bond acceptors (Lipinski definition) is 7. The highest BCUT2D eigenvalue weighted by Gasteiger charge is 2.31. The number of aliphatic hydroxyl groups excluding tert-OH is 1. The number of dihydropyridines is 1. The molecule has 3 heterocycles. The molecule has 9 nitrogen and oxygen atoms in total. The number of nitrogens with zero attached hydrogens (tertiary/aromatic N) is 3. The molecule has 3 aliphatic heterocycles. The molecule has 4 rings (SSSR count). The molecule has 0 spiro atoms. The highest BCUT2D eigenvalue weighted by molar-refractivity contribution is 5.98. The van der Waals surface area contributed by atoms with E-state index in [-0.39, 0.29) is 17.7 Å². The van der Waals surface area contributed by atoms with Crippen LogP contribution < -0.4 is 10.6 Å². The third-order valence-corrected chi connectivity index (χ3v) is 7.17. The smallest absolute Gasteiger partial charge is 0.303 e. The summed E-state index contributed by atoms with van der Waals surface area (Å²) in [4.78, 5) is 34.8. The van der Waals surface area contributed by atoms with E-state index in [0.717, 1.165) is 44.5 Å². The molecule has 0 aliphatic carbocycles. The number of carbonyl (C=O) groups excluding carboxylic acids is 1. The Hall–Kier alpha value is -3.20. The summed E-state index contributed by atoms with van der Waals surface area (Å²) in [6, 6.07) is 7.42. The fourth-order valence-corrected chi connectivity index (χ4v) is 4.98. The van der Waals surface area contributed by atoms with Gasteiger partial charge in [-0.2, -0.15) is 0 Å². The number of amides is 1. The number of rotatable bonds is 8. The Bertz CT molecular complexity index is 999. The van der Waals surface area contributed by atoms with Crippen LogP contribution >= 0.6 is 0 Å². The average molecular weight is 482 g/mol. The number of guanidine groups is 1. The van der Waals surface area contributed by atoms with Crippen molar-refractivity contribution >= 4 is 29.7 Å². The van der Waals surface area contributed by atoms with Gasteiger partial charge >= 0.3 is 5.97 Å². The number of piperidine rings is 1. The van der Waals surface area contributed by atoms with Crippen LogP contribution in [0, 0.1) is 11.3 Å². The van der Waals surface area contributed by atoms with E-state index in [1.807, 2.05) is 35.2 Å². The van der Waals surface area contributed by atoms with Crippen LogP contribution in [0.1, 0.15) is 48.9 Å². The molecule has 188 valence electrons. The Kier molecular flexibility index (Phi) is 8.17. The SMILES string of the molecule is O=C(O)CCC1(CCC2CCN(C(=O)c3cccc(NC4=NCC(O)CN4)c3)CC2)C=CC=NC1. The maximum atomic E-state index is 13.1. The molecule has 9 heteroatoms. The van der Waals surface area contributed by atoms with Crippen LogP contribution in [-0.2, 0) is 4.79 Å². The maximum absolute atomic E-state index is 13.1. The molecule has 1 aromatic rings. The molecule has 1 amide bonds. The molecule has 1 aromatic carbocycles. The van der Waals surface area contributed by atoms with E-state index in [2.05, 4.69) is 26.7 Å². The summed E-state index contributed by atoms with van der Waals surface area (Å²) in [7, 11) is 0. The van der Waals surface area contributed by atoms with E-state index in [4.69, 9.17) is 5.11 Å². The van der Waals surface area contributed by atoms with E-state index >= 15 is 0 Å². The van der Waals surface area contributed by atoms with Gasteiger partial charge in [-0.3, -0.25) is 19.6 Å². The van der Waals surface area contributed by atoms with E-state index in [0.29, 0.717) is 43.5 Å². The molecule has 0 radical (unpaired) electrons. The van der Waals surface area contributed by atoms with Crippen LogP contribution in [0.4, 0.5) is 5.69 Å². The number of carbonyl (C=O) groups is 2. The number of nitrogens with one attached hydrogen (secondary N) is 2.